The number of carbonyl (C=O) groups is 1. The van der Waals surface area contributed by atoms with E-state index < -0.39 is 0 Å². The molecule has 0 spiro atoms. The normalized spacial score (nSPS) is 10.2. The molecule has 0 saturated heterocycles. The maximum absolute atomic E-state index is 10.8. The molecule has 0 N–H and O–H groups in total. The van der Waals surface area contributed by atoms with Gasteiger partial charge in [0, 0.05) is 13.5 Å². The Morgan fingerprint density at radius 1 is 1.35 bits per heavy atom. The fourth-order valence-corrected chi connectivity index (χ4v) is 1.63. The van der Waals surface area contributed by atoms with Crippen LogP contribution < -0.4 is 4.74 Å². The highest BCUT2D eigenvalue weighted by Gasteiger charge is 2.10. The number of nitrogens with zero attached hydrogens (tertiary/aromatic N) is 3. The Morgan fingerprint density at radius 3 is 2.65 bits per heavy atom. The van der Waals surface area contributed by atoms with Gasteiger partial charge in [-0.1, -0.05) is 17.3 Å². The number of benzene rings is 1. The van der Waals surface area contributed by atoms with Gasteiger partial charge < -0.3 is 4.74 Å². The first-order valence-electron chi connectivity index (χ1n) is 5.21. The standard InChI is InChI=1S/C12H13N3O2/c1-15-12(11(8-16)13-14-15)7-9-3-5-10(17-2)6-4-9/h3-6,8H,7H2,1-2H3. The maximum atomic E-state index is 10.8. The van der Waals surface area contributed by atoms with Crippen molar-refractivity contribution in [3.63, 3.8) is 0 Å². The zero-order valence-electron chi connectivity index (χ0n) is 9.75. The van der Waals surface area contributed by atoms with Crippen molar-refractivity contribution in [2.75, 3.05) is 7.11 Å². The Kier molecular flexibility index (Phi) is 3.18. The Labute approximate surface area is 99.0 Å². The largest absolute Gasteiger partial charge is 0.497 e. The highest BCUT2D eigenvalue weighted by atomic mass is 16.5. The first-order chi connectivity index (χ1) is 8.24. The molecule has 1 heterocycles. The van der Waals surface area contributed by atoms with Gasteiger partial charge in [0.1, 0.15) is 11.4 Å². The lowest BCUT2D eigenvalue weighted by atomic mass is 10.1. The van der Waals surface area contributed by atoms with Crippen molar-refractivity contribution in [2.24, 2.45) is 7.05 Å². The number of aryl methyl sites for hydroxylation is 1. The smallest absolute Gasteiger partial charge is 0.172 e. The molecule has 0 radical (unpaired) electrons. The molecule has 2 rings (SSSR count). The molecule has 1 aromatic carbocycles. The fourth-order valence-electron chi connectivity index (χ4n) is 1.63. The third-order valence-electron chi connectivity index (χ3n) is 2.62. The number of aldehydes is 1. The molecule has 5 nitrogen and oxygen atoms in total. The maximum Gasteiger partial charge on any atom is 0.172 e. The van der Waals surface area contributed by atoms with E-state index in [1.165, 1.54) is 0 Å². The highest BCUT2D eigenvalue weighted by Crippen LogP contribution is 2.15. The van der Waals surface area contributed by atoms with Crippen LogP contribution in [0.5, 0.6) is 5.75 Å². The summed E-state index contributed by atoms with van der Waals surface area (Å²) in [7, 11) is 3.41. The van der Waals surface area contributed by atoms with Crippen LogP contribution in [0.4, 0.5) is 0 Å². The average molecular weight is 231 g/mol. The summed E-state index contributed by atoms with van der Waals surface area (Å²) in [5.41, 5.74) is 2.28. The van der Waals surface area contributed by atoms with Crippen molar-refractivity contribution in [1.82, 2.24) is 15.0 Å². The van der Waals surface area contributed by atoms with Gasteiger partial charge in [-0.25, -0.2) is 0 Å². The van der Waals surface area contributed by atoms with E-state index >= 15 is 0 Å². The SMILES string of the molecule is COc1ccc(Cc2c(C=O)nnn2C)cc1. The third kappa shape index (κ3) is 2.33. The van der Waals surface area contributed by atoms with Crippen molar-refractivity contribution in [1.29, 1.82) is 0 Å². The molecule has 5 heteroatoms. The number of hydrogen-bond donors (Lipinski definition) is 0. The second-order valence-electron chi connectivity index (χ2n) is 3.69. The molecule has 17 heavy (non-hydrogen) atoms. The summed E-state index contributed by atoms with van der Waals surface area (Å²) in [4.78, 5) is 10.8. The van der Waals surface area contributed by atoms with E-state index in [1.807, 2.05) is 24.3 Å². The quantitative estimate of drug-likeness (QED) is 0.742. The van der Waals surface area contributed by atoms with Crippen molar-refractivity contribution < 1.29 is 9.53 Å². The van der Waals surface area contributed by atoms with E-state index in [0.717, 1.165) is 23.3 Å². The van der Waals surface area contributed by atoms with E-state index in [0.29, 0.717) is 12.1 Å². The van der Waals surface area contributed by atoms with Gasteiger partial charge in [-0.15, -0.1) is 5.10 Å². The Hall–Kier alpha value is -2.17. The van der Waals surface area contributed by atoms with Gasteiger partial charge in [-0.3, -0.25) is 9.48 Å². The van der Waals surface area contributed by atoms with Crippen molar-refractivity contribution >= 4 is 6.29 Å². The molecule has 0 amide bonds. The Balaban J connectivity index is 2.24. The molecule has 0 aliphatic heterocycles. The summed E-state index contributed by atoms with van der Waals surface area (Å²) in [5, 5.41) is 7.61. The Morgan fingerprint density at radius 2 is 2.06 bits per heavy atom. The van der Waals surface area contributed by atoms with E-state index in [-0.39, 0.29) is 0 Å². The first kappa shape index (κ1) is 11.3. The monoisotopic (exact) mass is 231 g/mol. The minimum Gasteiger partial charge on any atom is -0.497 e. The summed E-state index contributed by atoms with van der Waals surface area (Å²) < 4.78 is 6.71. The zero-order chi connectivity index (χ0) is 12.3. The molecule has 0 aliphatic rings. The van der Waals surface area contributed by atoms with Crippen molar-refractivity contribution in [2.45, 2.75) is 6.42 Å². The van der Waals surface area contributed by atoms with Crippen LogP contribution >= 0.6 is 0 Å². The zero-order valence-corrected chi connectivity index (χ0v) is 9.75. The predicted molar refractivity (Wildman–Crippen MR) is 62.2 cm³/mol. The lowest BCUT2D eigenvalue weighted by Crippen LogP contribution is -2.01. The summed E-state index contributed by atoms with van der Waals surface area (Å²) in [6, 6.07) is 7.69. The summed E-state index contributed by atoms with van der Waals surface area (Å²) in [6.07, 6.45) is 1.35. The van der Waals surface area contributed by atoms with Crippen LogP contribution in [0, 0.1) is 0 Å². The number of rotatable bonds is 4. The molecule has 0 saturated carbocycles. The minimum absolute atomic E-state index is 0.392. The van der Waals surface area contributed by atoms with Crippen LogP contribution in [0.15, 0.2) is 24.3 Å². The fraction of sp³-hybridized carbons (Fsp3) is 0.250. The second kappa shape index (κ2) is 4.78. The lowest BCUT2D eigenvalue weighted by molar-refractivity contribution is 0.111. The molecule has 0 fully saturated rings. The molecule has 0 bridgehead atoms. The van der Waals surface area contributed by atoms with Crippen LogP contribution in [-0.2, 0) is 13.5 Å². The van der Waals surface area contributed by atoms with Crippen LogP contribution in [0.25, 0.3) is 0 Å². The number of hydrogen-bond acceptors (Lipinski definition) is 4. The summed E-state index contributed by atoms with van der Waals surface area (Å²) >= 11 is 0. The van der Waals surface area contributed by atoms with Gasteiger partial charge in [-0.05, 0) is 17.7 Å². The lowest BCUT2D eigenvalue weighted by Gasteiger charge is -2.04. The summed E-state index contributed by atoms with van der Waals surface area (Å²) in [6.45, 7) is 0. The minimum atomic E-state index is 0.392. The van der Waals surface area contributed by atoms with Crippen LogP contribution in [0.2, 0.25) is 0 Å². The van der Waals surface area contributed by atoms with Crippen molar-refractivity contribution in [3.8, 4) is 5.75 Å². The van der Waals surface area contributed by atoms with Crippen LogP contribution in [-0.4, -0.2) is 28.4 Å². The molecule has 0 aliphatic carbocycles. The van der Waals surface area contributed by atoms with E-state index in [2.05, 4.69) is 10.3 Å². The third-order valence-corrected chi connectivity index (χ3v) is 2.62. The Bertz CT molecular complexity index is 517. The van der Waals surface area contributed by atoms with Crippen molar-refractivity contribution in [3.05, 3.63) is 41.2 Å². The predicted octanol–water partition coefficient (Wildman–Crippen LogP) is 1.23. The molecule has 1 aromatic heterocycles. The average Bonchev–Trinajstić information content (AvgIpc) is 2.71. The van der Waals surface area contributed by atoms with Gasteiger partial charge in [0.05, 0.1) is 12.8 Å². The van der Waals surface area contributed by atoms with Gasteiger partial charge >= 0.3 is 0 Å². The van der Waals surface area contributed by atoms with Crippen LogP contribution in [0.1, 0.15) is 21.7 Å². The molecule has 0 atom stereocenters. The number of carbonyl (C=O) groups excluding carboxylic acids is 1. The first-order valence-corrected chi connectivity index (χ1v) is 5.21. The van der Waals surface area contributed by atoms with Gasteiger partial charge in [0.2, 0.25) is 0 Å². The number of aromatic nitrogens is 3. The molecule has 0 unspecified atom stereocenters. The van der Waals surface area contributed by atoms with Gasteiger partial charge in [0.15, 0.2) is 6.29 Å². The van der Waals surface area contributed by atoms with Gasteiger partial charge in [-0.2, -0.15) is 0 Å². The molecule has 88 valence electrons. The summed E-state index contributed by atoms with van der Waals surface area (Å²) in [5.74, 6) is 0.812. The van der Waals surface area contributed by atoms with Gasteiger partial charge in [0.25, 0.3) is 0 Å². The van der Waals surface area contributed by atoms with E-state index in [1.54, 1.807) is 18.8 Å². The topological polar surface area (TPSA) is 57.0 Å². The molecular weight excluding hydrogens is 218 g/mol. The molecule has 2 aromatic rings. The molecular formula is C12H13N3O2. The number of ether oxygens (including phenoxy) is 1. The van der Waals surface area contributed by atoms with E-state index in [9.17, 15) is 4.79 Å². The van der Waals surface area contributed by atoms with E-state index in [4.69, 9.17) is 4.74 Å². The second-order valence-corrected chi connectivity index (χ2v) is 3.69. The number of methoxy groups -OCH3 is 1. The highest BCUT2D eigenvalue weighted by molar-refractivity contribution is 5.73. The van der Waals surface area contributed by atoms with Crippen LogP contribution in [0.3, 0.4) is 0 Å².